The number of rotatable bonds is 2. The third kappa shape index (κ3) is 1.86. The molecule has 0 saturated heterocycles. The van der Waals surface area contributed by atoms with Gasteiger partial charge in [-0.15, -0.1) is 0 Å². The zero-order valence-electron chi connectivity index (χ0n) is 8.83. The maximum atomic E-state index is 4.19. The topological polar surface area (TPSA) is 37.8 Å². The van der Waals surface area contributed by atoms with Gasteiger partial charge in [-0.25, -0.2) is 9.97 Å². The minimum absolute atomic E-state index is 0.394. The maximum Gasteiger partial charge on any atom is 0.129 e. The Morgan fingerprint density at radius 3 is 2.93 bits per heavy atom. The summed E-state index contributed by atoms with van der Waals surface area (Å²) in [6.07, 6.45) is 7.23. The van der Waals surface area contributed by atoms with Crippen molar-refractivity contribution in [2.24, 2.45) is 5.41 Å². The first-order valence-electron chi connectivity index (χ1n) is 5.21. The van der Waals surface area contributed by atoms with Gasteiger partial charge in [-0.05, 0) is 24.3 Å². The van der Waals surface area contributed by atoms with Crippen LogP contribution in [0.5, 0.6) is 0 Å². The van der Waals surface area contributed by atoms with E-state index in [2.05, 4.69) is 29.1 Å². The van der Waals surface area contributed by atoms with Gasteiger partial charge in [0.25, 0.3) is 0 Å². The molecule has 1 N–H and O–H groups in total. The highest BCUT2D eigenvalue weighted by Gasteiger charge is 2.34. The van der Waals surface area contributed by atoms with E-state index in [4.69, 9.17) is 0 Å². The molecule has 1 saturated carbocycles. The number of nitrogens with zero attached hydrogens (tertiary/aromatic N) is 2. The van der Waals surface area contributed by atoms with Crippen LogP contribution in [-0.2, 0) is 0 Å². The van der Waals surface area contributed by atoms with Gasteiger partial charge < -0.3 is 5.32 Å². The summed E-state index contributed by atoms with van der Waals surface area (Å²) in [6.45, 7) is 4.64. The van der Waals surface area contributed by atoms with E-state index in [0.717, 1.165) is 5.82 Å². The zero-order chi connectivity index (χ0) is 10.0. The predicted octanol–water partition coefficient (Wildman–Crippen LogP) is 2.47. The molecule has 1 heterocycles. The first-order valence-corrected chi connectivity index (χ1v) is 5.21. The summed E-state index contributed by atoms with van der Waals surface area (Å²) in [7, 11) is 0. The summed E-state index contributed by atoms with van der Waals surface area (Å²) < 4.78 is 0. The molecular weight excluding hydrogens is 174 g/mol. The van der Waals surface area contributed by atoms with Gasteiger partial charge in [-0.1, -0.05) is 20.3 Å². The van der Waals surface area contributed by atoms with Crippen LogP contribution < -0.4 is 5.32 Å². The van der Waals surface area contributed by atoms with Gasteiger partial charge in [0.2, 0.25) is 0 Å². The molecule has 1 aromatic heterocycles. The lowest BCUT2D eigenvalue weighted by Gasteiger charge is -2.28. The normalized spacial score (nSPS) is 24.9. The highest BCUT2D eigenvalue weighted by molar-refractivity contribution is 5.34. The average Bonchev–Trinajstić information content (AvgIpc) is 2.48. The standard InChI is InChI=1S/C11H17N3/c1-11(2)6-3-4-9(11)14-10-5-7-12-8-13-10/h5,7-9H,3-4,6H2,1-2H3,(H,12,13,14). The first kappa shape index (κ1) is 9.44. The Bertz CT molecular complexity index is 295. The second-order valence-corrected chi connectivity index (χ2v) is 4.67. The van der Waals surface area contributed by atoms with Gasteiger partial charge >= 0.3 is 0 Å². The van der Waals surface area contributed by atoms with Crippen molar-refractivity contribution in [2.45, 2.75) is 39.2 Å². The molecule has 0 aromatic carbocycles. The molecule has 14 heavy (non-hydrogen) atoms. The van der Waals surface area contributed by atoms with Crippen LogP contribution in [0.15, 0.2) is 18.6 Å². The Labute approximate surface area is 85.0 Å². The zero-order valence-corrected chi connectivity index (χ0v) is 8.83. The fourth-order valence-corrected chi connectivity index (χ4v) is 2.15. The molecule has 0 bridgehead atoms. The lowest BCUT2D eigenvalue weighted by molar-refractivity contribution is 0.349. The Morgan fingerprint density at radius 1 is 1.50 bits per heavy atom. The first-order chi connectivity index (χ1) is 6.68. The van der Waals surface area contributed by atoms with Crippen molar-refractivity contribution in [2.75, 3.05) is 5.32 Å². The second kappa shape index (κ2) is 3.56. The molecule has 1 aromatic rings. The smallest absolute Gasteiger partial charge is 0.129 e. The van der Waals surface area contributed by atoms with Gasteiger partial charge in [0.1, 0.15) is 12.1 Å². The van der Waals surface area contributed by atoms with Gasteiger partial charge in [-0.3, -0.25) is 0 Å². The fraction of sp³-hybridized carbons (Fsp3) is 0.636. The van der Waals surface area contributed by atoms with Crippen molar-refractivity contribution in [1.82, 2.24) is 9.97 Å². The van der Waals surface area contributed by atoms with E-state index in [0.29, 0.717) is 11.5 Å². The van der Waals surface area contributed by atoms with Gasteiger partial charge in [-0.2, -0.15) is 0 Å². The number of hydrogen-bond donors (Lipinski definition) is 1. The summed E-state index contributed by atoms with van der Waals surface area (Å²) in [5, 5.41) is 3.48. The minimum atomic E-state index is 0.394. The van der Waals surface area contributed by atoms with Crippen LogP contribution in [-0.4, -0.2) is 16.0 Å². The Morgan fingerprint density at radius 2 is 2.36 bits per heavy atom. The third-order valence-electron chi connectivity index (χ3n) is 3.16. The third-order valence-corrected chi connectivity index (χ3v) is 3.16. The summed E-state index contributed by atoms with van der Waals surface area (Å²) in [5.41, 5.74) is 0.394. The Hall–Kier alpha value is -1.12. The van der Waals surface area contributed by atoms with Crippen LogP contribution >= 0.6 is 0 Å². The van der Waals surface area contributed by atoms with E-state index in [-0.39, 0.29) is 0 Å². The molecule has 3 heteroatoms. The number of nitrogens with one attached hydrogen (secondary N) is 1. The van der Waals surface area contributed by atoms with Crippen molar-refractivity contribution in [3.63, 3.8) is 0 Å². The van der Waals surface area contributed by atoms with E-state index >= 15 is 0 Å². The molecule has 0 amide bonds. The van der Waals surface area contributed by atoms with Crippen molar-refractivity contribution in [1.29, 1.82) is 0 Å². The maximum absolute atomic E-state index is 4.19. The van der Waals surface area contributed by atoms with Gasteiger partial charge in [0.15, 0.2) is 0 Å². The molecule has 0 radical (unpaired) electrons. The van der Waals surface area contributed by atoms with Crippen LogP contribution in [0.3, 0.4) is 0 Å². The largest absolute Gasteiger partial charge is 0.367 e. The molecule has 1 atom stereocenters. The monoisotopic (exact) mass is 191 g/mol. The molecule has 0 aliphatic heterocycles. The molecule has 76 valence electrons. The van der Waals surface area contributed by atoms with Crippen LogP contribution in [0.4, 0.5) is 5.82 Å². The van der Waals surface area contributed by atoms with E-state index in [1.54, 1.807) is 12.5 Å². The van der Waals surface area contributed by atoms with Crippen molar-refractivity contribution < 1.29 is 0 Å². The van der Waals surface area contributed by atoms with Crippen LogP contribution in [0, 0.1) is 5.41 Å². The minimum Gasteiger partial charge on any atom is -0.367 e. The Balaban J connectivity index is 2.05. The van der Waals surface area contributed by atoms with E-state index in [1.165, 1.54) is 19.3 Å². The van der Waals surface area contributed by atoms with Gasteiger partial charge in [0.05, 0.1) is 0 Å². The summed E-state index contributed by atoms with van der Waals surface area (Å²) >= 11 is 0. The summed E-state index contributed by atoms with van der Waals surface area (Å²) in [4.78, 5) is 8.09. The van der Waals surface area contributed by atoms with E-state index < -0.39 is 0 Å². The van der Waals surface area contributed by atoms with Crippen molar-refractivity contribution >= 4 is 5.82 Å². The highest BCUT2D eigenvalue weighted by Crippen LogP contribution is 2.38. The molecular formula is C11H17N3. The SMILES string of the molecule is CC1(C)CCCC1Nc1ccncn1. The van der Waals surface area contributed by atoms with Crippen LogP contribution in [0.1, 0.15) is 33.1 Å². The molecule has 3 nitrogen and oxygen atoms in total. The number of anilines is 1. The van der Waals surface area contributed by atoms with E-state index in [9.17, 15) is 0 Å². The van der Waals surface area contributed by atoms with Crippen LogP contribution in [0.2, 0.25) is 0 Å². The van der Waals surface area contributed by atoms with Crippen molar-refractivity contribution in [3.8, 4) is 0 Å². The molecule has 1 unspecified atom stereocenters. The Kier molecular flexibility index (Phi) is 2.40. The quantitative estimate of drug-likeness (QED) is 0.780. The van der Waals surface area contributed by atoms with Crippen molar-refractivity contribution in [3.05, 3.63) is 18.6 Å². The predicted molar refractivity (Wildman–Crippen MR) is 57.1 cm³/mol. The highest BCUT2D eigenvalue weighted by atomic mass is 15.0. The fourth-order valence-electron chi connectivity index (χ4n) is 2.15. The lowest BCUT2D eigenvalue weighted by atomic mass is 9.87. The average molecular weight is 191 g/mol. The molecule has 2 rings (SSSR count). The molecule has 1 aliphatic carbocycles. The molecule has 0 spiro atoms. The lowest BCUT2D eigenvalue weighted by Crippen LogP contribution is -2.31. The second-order valence-electron chi connectivity index (χ2n) is 4.67. The molecule has 1 fully saturated rings. The number of aromatic nitrogens is 2. The number of hydrogen-bond acceptors (Lipinski definition) is 3. The summed E-state index contributed by atoms with van der Waals surface area (Å²) in [6, 6.07) is 2.48. The summed E-state index contributed by atoms with van der Waals surface area (Å²) in [5.74, 6) is 0.944. The molecule has 1 aliphatic rings. The van der Waals surface area contributed by atoms with Gasteiger partial charge in [0, 0.05) is 12.2 Å². The van der Waals surface area contributed by atoms with Crippen LogP contribution in [0.25, 0.3) is 0 Å². The van der Waals surface area contributed by atoms with E-state index in [1.807, 2.05) is 6.07 Å².